The van der Waals surface area contributed by atoms with Gasteiger partial charge in [-0.1, -0.05) is 43.2 Å². The summed E-state index contributed by atoms with van der Waals surface area (Å²) in [6.45, 7) is 9.32. The highest BCUT2D eigenvalue weighted by Crippen LogP contribution is 2.31. The van der Waals surface area contributed by atoms with Gasteiger partial charge in [0.1, 0.15) is 12.4 Å². The first-order valence-corrected chi connectivity index (χ1v) is 15.9. The van der Waals surface area contributed by atoms with Crippen molar-refractivity contribution in [2.75, 3.05) is 59.1 Å². The summed E-state index contributed by atoms with van der Waals surface area (Å²) >= 11 is 0. The van der Waals surface area contributed by atoms with Crippen molar-refractivity contribution in [2.45, 2.75) is 77.3 Å². The second kappa shape index (κ2) is 22.6. The minimum absolute atomic E-state index is 0.0867. The molecule has 0 radical (unpaired) electrons. The van der Waals surface area contributed by atoms with E-state index in [-0.39, 0.29) is 11.7 Å². The molecule has 1 saturated carbocycles. The van der Waals surface area contributed by atoms with Gasteiger partial charge in [0.15, 0.2) is 5.34 Å². The largest absolute Gasteiger partial charge is 0.493 e. The maximum absolute atomic E-state index is 12.5. The molecule has 0 bridgehead atoms. The van der Waals surface area contributed by atoms with E-state index >= 15 is 0 Å². The molecular formula is C33H50F3N3O5. The van der Waals surface area contributed by atoms with Crippen LogP contribution < -0.4 is 4.74 Å². The first-order valence-electron chi connectivity index (χ1n) is 15.9. The van der Waals surface area contributed by atoms with Gasteiger partial charge < -0.3 is 24.1 Å². The Morgan fingerprint density at radius 2 is 1.64 bits per heavy atom. The third-order valence-corrected chi connectivity index (χ3v) is 7.62. The van der Waals surface area contributed by atoms with Crippen molar-refractivity contribution in [2.24, 2.45) is 11.3 Å². The Hall–Kier alpha value is -2.92. The van der Waals surface area contributed by atoms with Crippen LogP contribution in [-0.2, 0) is 20.5 Å². The number of carbonyl (C=O) groups is 1. The van der Waals surface area contributed by atoms with E-state index in [1.165, 1.54) is 31.7 Å². The molecular weight excluding hydrogens is 575 g/mol. The number of rotatable bonds is 18. The van der Waals surface area contributed by atoms with E-state index in [1.807, 2.05) is 13.0 Å². The van der Waals surface area contributed by atoms with Crippen LogP contribution in [0.5, 0.6) is 5.75 Å². The Morgan fingerprint density at radius 1 is 0.955 bits per heavy atom. The van der Waals surface area contributed by atoms with E-state index in [0.717, 1.165) is 83.5 Å². The first kappa shape index (κ1) is 37.3. The Balaban J connectivity index is 0.000000311. The fraction of sp³-hybridized carbons (Fsp3) is 0.667. The Morgan fingerprint density at radius 3 is 2.27 bits per heavy atom. The lowest BCUT2D eigenvalue weighted by atomic mass is 10.1. The fourth-order valence-corrected chi connectivity index (χ4v) is 5.15. The van der Waals surface area contributed by atoms with Crippen LogP contribution in [0.2, 0.25) is 0 Å². The zero-order valence-electron chi connectivity index (χ0n) is 26.1. The summed E-state index contributed by atoms with van der Waals surface area (Å²) in [7, 11) is 0. The molecule has 8 nitrogen and oxygen atoms in total. The number of hydrogen-bond donors (Lipinski definition) is 0. The summed E-state index contributed by atoms with van der Waals surface area (Å²) in [5.41, 5.74) is -0.670. The van der Waals surface area contributed by atoms with Crippen molar-refractivity contribution in [1.29, 1.82) is 0 Å². The molecule has 0 amide bonds. The summed E-state index contributed by atoms with van der Waals surface area (Å²) in [6.07, 6.45) is 13.9. The Labute approximate surface area is 260 Å². The highest BCUT2D eigenvalue weighted by molar-refractivity contribution is 5.69. The van der Waals surface area contributed by atoms with Gasteiger partial charge in [-0.15, -0.1) is 4.91 Å². The SMILES string of the molecule is C/C=C\CCCC(=O)OCCCN1CCN(CCCON=O)CC1.FC(F)(F)c1cccc(OCC/C=C/C2CCCC2)c1. The standard InChI is InChI=1S/C17H31N3O4.C16H19F3O/c1-2-3-4-5-8-17(21)23-15-6-9-19-11-13-20(14-12-19)10-7-16-24-18-22;17-16(18,19)14-9-5-10-15(12-14)20-11-4-3-8-13-6-1-2-7-13/h2-3H,4-16H2,1H3;3,5,8-10,12-13H,1-2,4,6-7,11H2/b3-2-;8-3+. The van der Waals surface area contributed by atoms with Crippen molar-refractivity contribution in [3.63, 3.8) is 0 Å². The van der Waals surface area contributed by atoms with Crippen LogP contribution >= 0.6 is 0 Å². The zero-order chi connectivity index (χ0) is 31.9. The second-order valence-electron chi connectivity index (χ2n) is 11.1. The van der Waals surface area contributed by atoms with Gasteiger partial charge in [0, 0.05) is 45.7 Å². The van der Waals surface area contributed by atoms with E-state index in [9.17, 15) is 22.9 Å². The van der Waals surface area contributed by atoms with Crippen LogP contribution in [0.4, 0.5) is 13.2 Å². The average molecular weight is 626 g/mol. The molecule has 1 aliphatic carbocycles. The molecule has 0 atom stereocenters. The average Bonchev–Trinajstić information content (AvgIpc) is 3.54. The third-order valence-electron chi connectivity index (χ3n) is 7.62. The molecule has 2 fully saturated rings. The summed E-state index contributed by atoms with van der Waals surface area (Å²) in [5.74, 6) is 0.869. The summed E-state index contributed by atoms with van der Waals surface area (Å²) in [5, 5.41) is 2.39. The maximum Gasteiger partial charge on any atom is 0.416 e. The number of ether oxygens (including phenoxy) is 2. The molecule has 0 N–H and O–H groups in total. The highest BCUT2D eigenvalue weighted by Gasteiger charge is 2.30. The van der Waals surface area contributed by atoms with E-state index in [1.54, 1.807) is 6.07 Å². The Kier molecular flexibility index (Phi) is 19.1. The highest BCUT2D eigenvalue weighted by atomic mass is 19.4. The molecule has 248 valence electrons. The summed E-state index contributed by atoms with van der Waals surface area (Å²) in [4.78, 5) is 30.6. The molecule has 1 heterocycles. The summed E-state index contributed by atoms with van der Waals surface area (Å²) in [6, 6.07) is 5.01. The van der Waals surface area contributed by atoms with E-state index in [0.29, 0.717) is 32.2 Å². The van der Waals surface area contributed by atoms with Gasteiger partial charge in [-0.05, 0) is 76.0 Å². The maximum atomic E-state index is 12.5. The van der Waals surface area contributed by atoms with Crippen LogP contribution in [0.25, 0.3) is 0 Å². The van der Waals surface area contributed by atoms with Crippen LogP contribution in [0.15, 0.2) is 53.9 Å². The monoisotopic (exact) mass is 625 g/mol. The molecule has 1 saturated heterocycles. The first-order chi connectivity index (χ1) is 21.3. The molecule has 0 spiro atoms. The van der Waals surface area contributed by atoms with E-state index in [4.69, 9.17) is 9.47 Å². The van der Waals surface area contributed by atoms with Crippen LogP contribution in [0.1, 0.15) is 76.7 Å². The predicted molar refractivity (Wildman–Crippen MR) is 166 cm³/mol. The number of hydrogen-bond acceptors (Lipinski definition) is 8. The number of esters is 1. The lowest BCUT2D eigenvalue weighted by Gasteiger charge is -2.34. The number of alkyl halides is 3. The van der Waals surface area contributed by atoms with Crippen molar-refractivity contribution in [3.05, 3.63) is 59.0 Å². The lowest BCUT2D eigenvalue weighted by Crippen LogP contribution is -2.47. The van der Waals surface area contributed by atoms with Gasteiger partial charge >= 0.3 is 12.1 Å². The van der Waals surface area contributed by atoms with Gasteiger partial charge in [-0.2, -0.15) is 13.2 Å². The second-order valence-corrected chi connectivity index (χ2v) is 11.1. The van der Waals surface area contributed by atoms with Crippen molar-refractivity contribution in [1.82, 2.24) is 9.80 Å². The van der Waals surface area contributed by atoms with Crippen molar-refractivity contribution >= 4 is 5.97 Å². The number of nitrogens with zero attached hydrogens (tertiary/aromatic N) is 3. The predicted octanol–water partition coefficient (Wildman–Crippen LogP) is 7.59. The lowest BCUT2D eigenvalue weighted by molar-refractivity contribution is -0.144. The quantitative estimate of drug-likeness (QED) is 0.0547. The molecule has 1 aromatic carbocycles. The number of unbranched alkanes of at least 4 members (excludes halogenated alkanes) is 1. The van der Waals surface area contributed by atoms with E-state index < -0.39 is 11.7 Å². The fourth-order valence-electron chi connectivity index (χ4n) is 5.15. The number of allylic oxidation sites excluding steroid dienone is 3. The number of carbonyl (C=O) groups excluding carboxylic acids is 1. The molecule has 0 aromatic heterocycles. The van der Waals surface area contributed by atoms with Gasteiger partial charge in [-0.3, -0.25) is 4.79 Å². The van der Waals surface area contributed by atoms with Gasteiger partial charge in [0.25, 0.3) is 0 Å². The van der Waals surface area contributed by atoms with Crippen molar-refractivity contribution in [3.8, 4) is 5.75 Å². The van der Waals surface area contributed by atoms with Gasteiger partial charge in [-0.25, -0.2) is 0 Å². The number of halogens is 3. The Bertz CT molecular complexity index is 976. The van der Waals surface area contributed by atoms with E-state index in [2.05, 4.69) is 38.2 Å². The smallest absolute Gasteiger partial charge is 0.416 e. The minimum Gasteiger partial charge on any atom is -0.493 e. The molecule has 1 aromatic rings. The summed E-state index contributed by atoms with van der Waals surface area (Å²) < 4.78 is 48.2. The third kappa shape index (κ3) is 17.4. The van der Waals surface area contributed by atoms with Gasteiger partial charge in [0.2, 0.25) is 0 Å². The molecule has 2 aliphatic rings. The van der Waals surface area contributed by atoms with Crippen LogP contribution in [0.3, 0.4) is 0 Å². The molecule has 11 heteroatoms. The molecule has 1 aliphatic heterocycles. The van der Waals surface area contributed by atoms with Crippen LogP contribution in [0, 0.1) is 10.8 Å². The normalized spacial score (nSPS) is 16.6. The minimum atomic E-state index is -4.32. The number of benzene rings is 1. The van der Waals surface area contributed by atoms with Crippen molar-refractivity contribution < 1.29 is 32.3 Å². The molecule has 0 unspecified atom stereocenters. The number of piperazine rings is 1. The zero-order valence-corrected chi connectivity index (χ0v) is 26.1. The molecule has 44 heavy (non-hydrogen) atoms. The van der Waals surface area contributed by atoms with Crippen LogP contribution in [-0.4, -0.2) is 74.9 Å². The molecule has 3 rings (SSSR count). The topological polar surface area (TPSA) is 80.7 Å². The van der Waals surface area contributed by atoms with Gasteiger partial charge in [0.05, 0.1) is 18.8 Å².